The lowest BCUT2D eigenvalue weighted by Crippen LogP contribution is -2.30. The summed E-state index contributed by atoms with van der Waals surface area (Å²) in [4.78, 5) is 2.58. The van der Waals surface area contributed by atoms with E-state index in [0.29, 0.717) is 0 Å². The zero-order valence-electron chi connectivity index (χ0n) is 12.0. The van der Waals surface area contributed by atoms with Gasteiger partial charge in [-0.3, -0.25) is 0 Å². The van der Waals surface area contributed by atoms with Crippen molar-refractivity contribution in [2.24, 2.45) is 11.8 Å². The Kier molecular flexibility index (Phi) is 4.79. The zero-order valence-corrected chi connectivity index (χ0v) is 13.6. The van der Waals surface area contributed by atoms with Gasteiger partial charge in [0.25, 0.3) is 0 Å². The minimum atomic E-state index is -0.330. The SMILES string of the molecule is O[C@H](CCN1CC[C@@H]2CC[C@@H](C2)C1)c1ccc(Br)cc1. The van der Waals surface area contributed by atoms with Crippen LogP contribution in [-0.2, 0) is 0 Å². The first kappa shape index (κ1) is 14.6. The molecule has 110 valence electrons. The summed E-state index contributed by atoms with van der Waals surface area (Å²) in [6, 6.07) is 8.03. The van der Waals surface area contributed by atoms with Crippen LogP contribution in [0.2, 0.25) is 0 Å². The van der Waals surface area contributed by atoms with Crippen LogP contribution in [0.15, 0.2) is 28.7 Å². The molecule has 2 nitrogen and oxygen atoms in total. The van der Waals surface area contributed by atoms with Gasteiger partial charge in [-0.2, -0.15) is 0 Å². The molecule has 0 amide bonds. The van der Waals surface area contributed by atoms with Crippen molar-refractivity contribution in [2.75, 3.05) is 19.6 Å². The fourth-order valence-corrected chi connectivity index (χ4v) is 4.05. The Morgan fingerprint density at radius 1 is 1.15 bits per heavy atom. The molecule has 1 aromatic rings. The predicted molar refractivity (Wildman–Crippen MR) is 85.6 cm³/mol. The highest BCUT2D eigenvalue weighted by molar-refractivity contribution is 9.10. The molecular formula is C17H24BrNO. The van der Waals surface area contributed by atoms with Crippen LogP contribution in [0, 0.1) is 11.8 Å². The minimum absolute atomic E-state index is 0.330. The number of benzene rings is 1. The van der Waals surface area contributed by atoms with Crippen LogP contribution in [0.25, 0.3) is 0 Å². The first-order valence-corrected chi connectivity index (χ1v) is 8.66. The molecule has 1 heterocycles. The summed E-state index contributed by atoms with van der Waals surface area (Å²) in [5.41, 5.74) is 1.03. The van der Waals surface area contributed by atoms with Crippen molar-refractivity contribution in [3.63, 3.8) is 0 Å². The van der Waals surface area contributed by atoms with E-state index in [1.165, 1.54) is 38.8 Å². The minimum Gasteiger partial charge on any atom is -0.388 e. The number of halogens is 1. The Morgan fingerprint density at radius 2 is 1.90 bits per heavy atom. The van der Waals surface area contributed by atoms with Crippen molar-refractivity contribution < 1.29 is 5.11 Å². The number of hydrogen-bond acceptors (Lipinski definition) is 2. The molecule has 3 heteroatoms. The Hall–Kier alpha value is -0.380. The summed E-state index contributed by atoms with van der Waals surface area (Å²) in [7, 11) is 0. The van der Waals surface area contributed by atoms with E-state index >= 15 is 0 Å². The summed E-state index contributed by atoms with van der Waals surface area (Å²) < 4.78 is 1.07. The van der Waals surface area contributed by atoms with Gasteiger partial charge in [-0.05, 0) is 61.8 Å². The van der Waals surface area contributed by atoms with Gasteiger partial charge in [-0.15, -0.1) is 0 Å². The average molecular weight is 338 g/mol. The van der Waals surface area contributed by atoms with Gasteiger partial charge in [0.1, 0.15) is 0 Å². The van der Waals surface area contributed by atoms with Crippen LogP contribution < -0.4 is 0 Å². The van der Waals surface area contributed by atoms with E-state index in [-0.39, 0.29) is 6.10 Å². The highest BCUT2D eigenvalue weighted by Gasteiger charge is 2.29. The average Bonchev–Trinajstić information content (AvgIpc) is 2.78. The number of likely N-dealkylation sites (tertiary alicyclic amines) is 1. The van der Waals surface area contributed by atoms with Gasteiger partial charge >= 0.3 is 0 Å². The van der Waals surface area contributed by atoms with Crippen LogP contribution in [0.3, 0.4) is 0 Å². The lowest BCUT2D eigenvalue weighted by molar-refractivity contribution is 0.136. The standard InChI is InChI=1S/C17H24BrNO/c18-16-5-3-15(4-6-16)17(20)8-10-19-9-7-13-1-2-14(11-13)12-19/h3-6,13-14,17,20H,1-2,7-12H2/t13-,14-,17+/m0/s1. The van der Waals surface area contributed by atoms with Crippen molar-refractivity contribution in [1.29, 1.82) is 0 Å². The van der Waals surface area contributed by atoms with E-state index in [0.717, 1.165) is 34.8 Å². The second-order valence-corrected chi connectivity index (χ2v) is 7.41. The topological polar surface area (TPSA) is 23.5 Å². The van der Waals surface area contributed by atoms with Gasteiger partial charge in [0.05, 0.1) is 6.10 Å². The Bertz CT molecular complexity index is 433. The Labute approximate surface area is 130 Å². The number of hydrogen-bond donors (Lipinski definition) is 1. The van der Waals surface area contributed by atoms with E-state index in [1.54, 1.807) is 0 Å². The number of aliphatic hydroxyl groups excluding tert-OH is 1. The van der Waals surface area contributed by atoms with Crippen LogP contribution in [0.5, 0.6) is 0 Å². The largest absolute Gasteiger partial charge is 0.388 e. The van der Waals surface area contributed by atoms with Crippen LogP contribution in [-0.4, -0.2) is 29.6 Å². The van der Waals surface area contributed by atoms with E-state index in [1.807, 2.05) is 24.3 Å². The van der Waals surface area contributed by atoms with Gasteiger partial charge in [-0.1, -0.05) is 34.5 Å². The van der Waals surface area contributed by atoms with Crippen LogP contribution in [0.1, 0.15) is 43.8 Å². The van der Waals surface area contributed by atoms with Gasteiger partial charge in [0.15, 0.2) is 0 Å². The van der Waals surface area contributed by atoms with Gasteiger partial charge in [-0.25, -0.2) is 0 Å². The zero-order chi connectivity index (χ0) is 13.9. The third-order valence-electron chi connectivity index (χ3n) is 4.99. The smallest absolute Gasteiger partial charge is 0.0802 e. The molecule has 1 aliphatic heterocycles. The van der Waals surface area contributed by atoms with Crippen LogP contribution in [0.4, 0.5) is 0 Å². The molecule has 1 aromatic carbocycles. The van der Waals surface area contributed by atoms with Gasteiger partial charge < -0.3 is 10.0 Å². The summed E-state index contributed by atoms with van der Waals surface area (Å²) in [5, 5.41) is 10.3. The molecule has 2 aliphatic rings. The normalized spacial score (nSPS) is 28.3. The molecule has 20 heavy (non-hydrogen) atoms. The number of nitrogens with zero attached hydrogens (tertiary/aromatic N) is 1. The maximum absolute atomic E-state index is 10.3. The van der Waals surface area contributed by atoms with Gasteiger partial charge in [0.2, 0.25) is 0 Å². The molecule has 0 unspecified atom stereocenters. The first-order chi connectivity index (χ1) is 9.70. The quantitative estimate of drug-likeness (QED) is 0.897. The van der Waals surface area contributed by atoms with Crippen molar-refractivity contribution in [3.8, 4) is 0 Å². The molecule has 0 aromatic heterocycles. The maximum Gasteiger partial charge on any atom is 0.0802 e. The third kappa shape index (κ3) is 3.63. The predicted octanol–water partition coefficient (Wildman–Crippen LogP) is 3.99. The fraction of sp³-hybridized carbons (Fsp3) is 0.647. The number of fused-ring (bicyclic) bond motifs is 2. The van der Waals surface area contributed by atoms with Crippen molar-refractivity contribution in [2.45, 2.75) is 38.2 Å². The molecule has 2 fully saturated rings. The highest BCUT2D eigenvalue weighted by atomic mass is 79.9. The molecule has 1 aliphatic carbocycles. The molecule has 1 N–H and O–H groups in total. The number of rotatable bonds is 4. The summed E-state index contributed by atoms with van der Waals surface area (Å²) in [6.07, 6.45) is 6.22. The molecule has 3 atom stereocenters. The van der Waals surface area contributed by atoms with Crippen molar-refractivity contribution >= 4 is 15.9 Å². The number of aliphatic hydroxyl groups is 1. The Balaban J connectivity index is 1.50. The Morgan fingerprint density at radius 3 is 2.70 bits per heavy atom. The lowest BCUT2D eigenvalue weighted by Gasteiger charge is -2.25. The van der Waals surface area contributed by atoms with E-state index in [2.05, 4.69) is 20.8 Å². The summed E-state index contributed by atoms with van der Waals surface area (Å²) >= 11 is 3.43. The van der Waals surface area contributed by atoms with E-state index in [4.69, 9.17) is 0 Å². The van der Waals surface area contributed by atoms with E-state index < -0.39 is 0 Å². The molecule has 0 spiro atoms. The maximum atomic E-state index is 10.3. The lowest BCUT2D eigenvalue weighted by atomic mass is 10.0. The summed E-state index contributed by atoms with van der Waals surface area (Å²) in [5.74, 6) is 1.91. The van der Waals surface area contributed by atoms with Crippen molar-refractivity contribution in [1.82, 2.24) is 4.90 Å². The first-order valence-electron chi connectivity index (χ1n) is 7.86. The fourth-order valence-electron chi connectivity index (χ4n) is 3.79. The molecule has 0 radical (unpaired) electrons. The third-order valence-corrected chi connectivity index (χ3v) is 5.52. The molecule has 1 saturated carbocycles. The van der Waals surface area contributed by atoms with E-state index in [9.17, 15) is 5.11 Å². The van der Waals surface area contributed by atoms with Gasteiger partial charge in [0, 0.05) is 17.6 Å². The molecular weight excluding hydrogens is 314 g/mol. The van der Waals surface area contributed by atoms with Crippen molar-refractivity contribution in [3.05, 3.63) is 34.3 Å². The highest BCUT2D eigenvalue weighted by Crippen LogP contribution is 2.36. The molecule has 1 saturated heterocycles. The second kappa shape index (κ2) is 6.59. The molecule has 3 rings (SSSR count). The second-order valence-electron chi connectivity index (χ2n) is 6.49. The van der Waals surface area contributed by atoms with Crippen LogP contribution >= 0.6 is 15.9 Å². The monoisotopic (exact) mass is 337 g/mol. The summed E-state index contributed by atoms with van der Waals surface area (Å²) in [6.45, 7) is 3.51. The molecule has 2 bridgehead atoms.